The number of carbonyl (C=O) groups is 2. The van der Waals surface area contributed by atoms with Gasteiger partial charge in [0.1, 0.15) is 5.75 Å². The molecule has 0 heterocycles. The van der Waals surface area contributed by atoms with Gasteiger partial charge in [-0.3, -0.25) is 4.79 Å². The first-order valence-electron chi connectivity index (χ1n) is 8.11. The van der Waals surface area contributed by atoms with Crippen LogP contribution in [0, 0.1) is 0 Å². The lowest BCUT2D eigenvalue weighted by Crippen LogP contribution is -2.04. The molecule has 0 unspecified atom stereocenters. The van der Waals surface area contributed by atoms with Crippen molar-refractivity contribution < 1.29 is 19.1 Å². The number of nitrogens with one attached hydrogen (secondary N) is 1. The van der Waals surface area contributed by atoms with Gasteiger partial charge in [-0.1, -0.05) is 6.07 Å². The number of allylic oxidation sites excluding steroid dienone is 1. The molecule has 1 N–H and O–H groups in total. The molecular formula is C20H21NO4. The SMILES string of the molecule is CCOC(=O)c1cccc(NC=CC(=O)c2ccc(OCC)cc2)c1. The molecule has 0 aliphatic heterocycles. The maximum Gasteiger partial charge on any atom is 0.338 e. The molecule has 0 aliphatic carbocycles. The van der Waals surface area contributed by atoms with Gasteiger partial charge in [-0.05, 0) is 56.3 Å². The van der Waals surface area contributed by atoms with Gasteiger partial charge in [-0.25, -0.2) is 4.79 Å². The van der Waals surface area contributed by atoms with Crippen molar-refractivity contribution in [3.05, 3.63) is 71.9 Å². The van der Waals surface area contributed by atoms with Gasteiger partial charge in [-0.2, -0.15) is 0 Å². The molecule has 130 valence electrons. The molecule has 0 spiro atoms. The van der Waals surface area contributed by atoms with E-state index in [2.05, 4.69) is 5.32 Å². The molecule has 0 atom stereocenters. The van der Waals surface area contributed by atoms with E-state index in [9.17, 15) is 9.59 Å². The number of ketones is 1. The summed E-state index contributed by atoms with van der Waals surface area (Å²) in [6.07, 6.45) is 2.98. The third-order valence-electron chi connectivity index (χ3n) is 3.31. The van der Waals surface area contributed by atoms with Crippen molar-refractivity contribution >= 4 is 17.4 Å². The van der Waals surface area contributed by atoms with E-state index in [4.69, 9.17) is 9.47 Å². The second-order valence-corrected chi connectivity index (χ2v) is 5.10. The Hall–Kier alpha value is -3.08. The Balaban J connectivity index is 1.97. The lowest BCUT2D eigenvalue weighted by atomic mass is 10.1. The van der Waals surface area contributed by atoms with Crippen molar-refractivity contribution in [2.45, 2.75) is 13.8 Å². The second kappa shape index (κ2) is 9.27. The highest BCUT2D eigenvalue weighted by molar-refractivity contribution is 6.04. The topological polar surface area (TPSA) is 64.6 Å². The van der Waals surface area contributed by atoms with E-state index in [1.165, 1.54) is 6.08 Å². The van der Waals surface area contributed by atoms with Crippen LogP contribution in [0.4, 0.5) is 5.69 Å². The van der Waals surface area contributed by atoms with Gasteiger partial charge < -0.3 is 14.8 Å². The van der Waals surface area contributed by atoms with E-state index in [-0.39, 0.29) is 11.8 Å². The summed E-state index contributed by atoms with van der Waals surface area (Å²) in [6, 6.07) is 13.9. The van der Waals surface area contributed by atoms with E-state index >= 15 is 0 Å². The van der Waals surface area contributed by atoms with Crippen molar-refractivity contribution in [1.82, 2.24) is 0 Å². The van der Waals surface area contributed by atoms with Crippen molar-refractivity contribution in [1.29, 1.82) is 0 Å². The predicted molar refractivity (Wildman–Crippen MR) is 97.1 cm³/mol. The van der Waals surface area contributed by atoms with E-state index in [0.29, 0.717) is 30.0 Å². The molecule has 2 aromatic rings. The van der Waals surface area contributed by atoms with Crippen LogP contribution in [-0.4, -0.2) is 25.0 Å². The van der Waals surface area contributed by atoms with Gasteiger partial charge in [0.05, 0.1) is 18.8 Å². The molecule has 2 rings (SSSR count). The van der Waals surface area contributed by atoms with Crippen LogP contribution in [0.25, 0.3) is 0 Å². The highest BCUT2D eigenvalue weighted by Gasteiger charge is 2.06. The fourth-order valence-corrected chi connectivity index (χ4v) is 2.14. The van der Waals surface area contributed by atoms with Gasteiger partial charge in [0, 0.05) is 23.5 Å². The third kappa shape index (κ3) is 5.49. The zero-order valence-electron chi connectivity index (χ0n) is 14.3. The Morgan fingerprint density at radius 3 is 2.44 bits per heavy atom. The minimum absolute atomic E-state index is 0.128. The van der Waals surface area contributed by atoms with Crippen molar-refractivity contribution in [2.24, 2.45) is 0 Å². The summed E-state index contributed by atoms with van der Waals surface area (Å²) in [5.74, 6) is 0.231. The van der Waals surface area contributed by atoms with Crippen LogP contribution in [0.3, 0.4) is 0 Å². The lowest BCUT2D eigenvalue weighted by Gasteiger charge is -2.05. The van der Waals surface area contributed by atoms with Gasteiger partial charge in [0.2, 0.25) is 0 Å². The Kier molecular flexibility index (Phi) is 6.77. The van der Waals surface area contributed by atoms with Crippen molar-refractivity contribution in [3.63, 3.8) is 0 Å². The quantitative estimate of drug-likeness (QED) is 0.446. The Morgan fingerprint density at radius 2 is 1.76 bits per heavy atom. The molecule has 0 aromatic heterocycles. The summed E-state index contributed by atoms with van der Waals surface area (Å²) in [5.41, 5.74) is 1.72. The van der Waals surface area contributed by atoms with Crippen LogP contribution >= 0.6 is 0 Å². The van der Waals surface area contributed by atoms with Crippen molar-refractivity contribution in [3.8, 4) is 5.75 Å². The highest BCUT2D eigenvalue weighted by atomic mass is 16.5. The fraction of sp³-hybridized carbons (Fsp3) is 0.200. The summed E-state index contributed by atoms with van der Waals surface area (Å²) in [7, 11) is 0. The van der Waals surface area contributed by atoms with Crippen LogP contribution in [0.15, 0.2) is 60.8 Å². The maximum atomic E-state index is 12.1. The molecule has 0 amide bonds. The summed E-state index contributed by atoms with van der Waals surface area (Å²) in [4.78, 5) is 23.8. The Bertz CT molecular complexity index is 751. The number of benzene rings is 2. The molecule has 0 saturated heterocycles. The van der Waals surface area contributed by atoms with E-state index in [1.54, 1.807) is 61.7 Å². The predicted octanol–water partition coefficient (Wildman–Crippen LogP) is 4.07. The van der Waals surface area contributed by atoms with Crippen LogP contribution in [0.5, 0.6) is 5.75 Å². The molecule has 0 bridgehead atoms. The molecule has 0 radical (unpaired) electrons. The number of hydrogen-bond donors (Lipinski definition) is 1. The standard InChI is InChI=1S/C20H21NO4/c1-3-24-18-10-8-15(9-11-18)19(22)12-13-21-17-7-5-6-16(14-17)20(23)25-4-2/h5-14,21H,3-4H2,1-2H3. The smallest absolute Gasteiger partial charge is 0.338 e. The molecule has 2 aromatic carbocycles. The third-order valence-corrected chi connectivity index (χ3v) is 3.31. The zero-order chi connectivity index (χ0) is 18.1. The number of rotatable bonds is 8. The van der Waals surface area contributed by atoms with E-state index < -0.39 is 0 Å². The molecule has 0 saturated carbocycles. The zero-order valence-corrected chi connectivity index (χ0v) is 14.3. The first-order chi connectivity index (χ1) is 12.1. The van der Waals surface area contributed by atoms with Gasteiger partial charge in [0.15, 0.2) is 5.78 Å². The van der Waals surface area contributed by atoms with Gasteiger partial charge in [-0.15, -0.1) is 0 Å². The van der Waals surface area contributed by atoms with Crippen molar-refractivity contribution in [2.75, 3.05) is 18.5 Å². The number of ether oxygens (including phenoxy) is 2. The van der Waals surface area contributed by atoms with Crippen LogP contribution in [0.1, 0.15) is 34.6 Å². The first-order valence-corrected chi connectivity index (χ1v) is 8.11. The maximum absolute atomic E-state index is 12.1. The summed E-state index contributed by atoms with van der Waals surface area (Å²) < 4.78 is 10.3. The number of carbonyl (C=O) groups excluding carboxylic acids is 2. The average molecular weight is 339 g/mol. The highest BCUT2D eigenvalue weighted by Crippen LogP contribution is 2.14. The molecule has 0 fully saturated rings. The molecule has 5 heteroatoms. The molecule has 5 nitrogen and oxygen atoms in total. The van der Waals surface area contributed by atoms with Gasteiger partial charge >= 0.3 is 5.97 Å². The van der Waals surface area contributed by atoms with Crippen LogP contribution < -0.4 is 10.1 Å². The van der Waals surface area contributed by atoms with Gasteiger partial charge in [0.25, 0.3) is 0 Å². The summed E-state index contributed by atoms with van der Waals surface area (Å²) in [5, 5.41) is 2.98. The minimum atomic E-state index is -0.374. The minimum Gasteiger partial charge on any atom is -0.494 e. The molecular weight excluding hydrogens is 318 g/mol. The monoisotopic (exact) mass is 339 g/mol. The lowest BCUT2D eigenvalue weighted by molar-refractivity contribution is 0.0526. The van der Waals surface area contributed by atoms with Crippen LogP contribution in [-0.2, 0) is 4.74 Å². The fourth-order valence-electron chi connectivity index (χ4n) is 2.14. The second-order valence-electron chi connectivity index (χ2n) is 5.10. The van der Waals surface area contributed by atoms with E-state index in [0.717, 1.165) is 5.75 Å². The van der Waals surface area contributed by atoms with Crippen LogP contribution in [0.2, 0.25) is 0 Å². The molecule has 25 heavy (non-hydrogen) atoms. The average Bonchev–Trinajstić information content (AvgIpc) is 2.63. The summed E-state index contributed by atoms with van der Waals surface area (Å²) in [6.45, 7) is 4.58. The number of hydrogen-bond acceptors (Lipinski definition) is 5. The first kappa shape index (κ1) is 18.3. The summed E-state index contributed by atoms with van der Waals surface area (Å²) >= 11 is 0. The van der Waals surface area contributed by atoms with E-state index in [1.807, 2.05) is 6.92 Å². The molecule has 0 aliphatic rings. The Morgan fingerprint density at radius 1 is 1.00 bits per heavy atom. The number of anilines is 1. The Labute approximate surface area is 147 Å². The largest absolute Gasteiger partial charge is 0.494 e. The number of esters is 1. The normalized spacial score (nSPS) is 10.5.